The van der Waals surface area contributed by atoms with Gasteiger partial charge < -0.3 is 14.2 Å². The lowest BCUT2D eigenvalue weighted by molar-refractivity contribution is -0.153. The summed E-state index contributed by atoms with van der Waals surface area (Å²) in [6, 6.07) is 8.31. The van der Waals surface area contributed by atoms with E-state index in [1.165, 1.54) is 16.8 Å². The van der Waals surface area contributed by atoms with Crippen LogP contribution in [-0.2, 0) is 32.8 Å². The molecule has 0 fully saturated rings. The minimum atomic E-state index is -4.48. The molecule has 34 heavy (non-hydrogen) atoms. The third-order valence-electron chi connectivity index (χ3n) is 4.77. The topological polar surface area (TPSA) is 92.5 Å². The van der Waals surface area contributed by atoms with E-state index in [1.54, 1.807) is 31.2 Å². The fourth-order valence-corrected chi connectivity index (χ4v) is 4.29. The lowest BCUT2D eigenvalue weighted by Crippen LogP contribution is -2.20. The van der Waals surface area contributed by atoms with Crippen LogP contribution in [0.2, 0.25) is 0 Å². The van der Waals surface area contributed by atoms with Crippen molar-refractivity contribution in [1.29, 1.82) is 0 Å². The van der Waals surface area contributed by atoms with Gasteiger partial charge in [-0.15, -0.1) is 0 Å². The van der Waals surface area contributed by atoms with Crippen molar-refractivity contribution in [3.8, 4) is 5.75 Å². The third-order valence-corrected chi connectivity index (χ3v) is 6.02. The van der Waals surface area contributed by atoms with Crippen molar-refractivity contribution in [1.82, 2.24) is 14.5 Å². The number of hydrogen-bond acceptors (Lipinski definition) is 7. The number of alkyl halides is 3. The van der Waals surface area contributed by atoms with Crippen LogP contribution in [0.4, 0.5) is 18.0 Å². The molecule has 1 aromatic carbocycles. The predicted molar refractivity (Wildman–Crippen MR) is 118 cm³/mol. The second-order valence-electron chi connectivity index (χ2n) is 7.31. The highest BCUT2D eigenvalue weighted by Gasteiger charge is 2.29. The van der Waals surface area contributed by atoms with Crippen molar-refractivity contribution < 1.29 is 36.4 Å². The van der Waals surface area contributed by atoms with Crippen LogP contribution in [0, 0.1) is 6.92 Å². The largest absolute Gasteiger partial charge is 0.510 e. The summed E-state index contributed by atoms with van der Waals surface area (Å²) in [4.78, 5) is 20.4. The van der Waals surface area contributed by atoms with E-state index in [4.69, 9.17) is 14.2 Å². The predicted octanol–water partition coefficient (Wildman–Crippen LogP) is 4.90. The molecule has 0 amide bonds. The second-order valence-corrected chi connectivity index (χ2v) is 8.66. The number of para-hydroxylation sites is 2. The molecule has 0 N–H and O–H groups in total. The summed E-state index contributed by atoms with van der Waals surface area (Å²) in [6.45, 7) is 2.03. The maximum absolute atomic E-state index is 13.2. The fourth-order valence-electron chi connectivity index (χ4n) is 3.02. The maximum atomic E-state index is 13.2. The number of aromatic nitrogens is 3. The van der Waals surface area contributed by atoms with Crippen molar-refractivity contribution in [2.45, 2.75) is 50.5 Å². The first-order valence-electron chi connectivity index (χ1n) is 10.5. The Hall–Kier alpha value is -3.15. The summed E-state index contributed by atoms with van der Waals surface area (Å²) in [6.07, 6.45) is -2.48. The Morgan fingerprint density at radius 3 is 2.68 bits per heavy atom. The van der Waals surface area contributed by atoms with Crippen LogP contribution in [-0.4, -0.2) is 44.3 Å². The maximum Gasteiger partial charge on any atom is 0.510 e. The quantitative estimate of drug-likeness (QED) is 0.289. The van der Waals surface area contributed by atoms with E-state index >= 15 is 0 Å². The number of carbonyl (C=O) groups is 1. The molecule has 1 atom stereocenters. The molecule has 3 aromatic rings. The zero-order chi connectivity index (χ0) is 24.7. The van der Waals surface area contributed by atoms with Gasteiger partial charge >= 0.3 is 12.3 Å². The summed E-state index contributed by atoms with van der Waals surface area (Å²) >= 11 is 0. The van der Waals surface area contributed by atoms with E-state index in [0.29, 0.717) is 28.7 Å². The number of fused-ring (bicyclic) bond motifs is 1. The Kier molecular flexibility index (Phi) is 8.48. The average molecular weight is 500 g/mol. The summed E-state index contributed by atoms with van der Waals surface area (Å²) in [5, 5.41) is 0.130. The van der Waals surface area contributed by atoms with Crippen LogP contribution in [0.15, 0.2) is 41.7 Å². The van der Waals surface area contributed by atoms with Gasteiger partial charge in [0.15, 0.2) is 13.3 Å². The van der Waals surface area contributed by atoms with Gasteiger partial charge in [0.05, 0.1) is 39.9 Å². The number of unbranched alkanes of at least 4 members (excludes halogenated alkanes) is 1. The number of rotatable bonds is 10. The summed E-state index contributed by atoms with van der Waals surface area (Å²) in [7, 11) is -1.76. The van der Waals surface area contributed by atoms with E-state index in [2.05, 4.69) is 9.97 Å². The molecule has 1 unspecified atom stereocenters. The molecule has 8 nitrogen and oxygen atoms in total. The smallest absolute Gasteiger partial charge is 0.484 e. The van der Waals surface area contributed by atoms with Gasteiger partial charge in [0.25, 0.3) is 0 Å². The molecule has 0 aliphatic rings. The van der Waals surface area contributed by atoms with E-state index in [0.717, 1.165) is 6.42 Å². The van der Waals surface area contributed by atoms with Crippen LogP contribution in [0.5, 0.6) is 5.75 Å². The SMILES string of the molecule is CCCCOC(=O)OCn1c(S(=O)Cc2nccc(OCC(F)(F)F)c2C)nc2ccccc21. The fraction of sp³-hybridized carbons (Fsp3) is 0.409. The van der Waals surface area contributed by atoms with Crippen molar-refractivity contribution >= 4 is 28.0 Å². The van der Waals surface area contributed by atoms with Gasteiger partial charge in [0, 0.05) is 11.8 Å². The highest BCUT2D eigenvalue weighted by atomic mass is 32.2. The molecule has 2 heterocycles. The Morgan fingerprint density at radius 2 is 1.94 bits per heavy atom. The van der Waals surface area contributed by atoms with E-state index in [1.807, 2.05) is 6.92 Å². The highest BCUT2D eigenvalue weighted by Crippen LogP contribution is 2.26. The molecule has 184 valence electrons. The van der Waals surface area contributed by atoms with Gasteiger partial charge in [-0.3, -0.25) is 13.8 Å². The normalized spacial score (nSPS) is 12.5. The Morgan fingerprint density at radius 1 is 1.18 bits per heavy atom. The number of ether oxygens (including phenoxy) is 3. The van der Waals surface area contributed by atoms with Crippen LogP contribution < -0.4 is 4.74 Å². The van der Waals surface area contributed by atoms with Crippen LogP contribution in [0.25, 0.3) is 11.0 Å². The summed E-state index contributed by atoms with van der Waals surface area (Å²) in [5.74, 6) is -0.120. The van der Waals surface area contributed by atoms with Crippen molar-refractivity contribution in [2.24, 2.45) is 0 Å². The molecule has 12 heteroatoms. The van der Waals surface area contributed by atoms with Crippen molar-refractivity contribution in [3.63, 3.8) is 0 Å². The Labute approximate surface area is 196 Å². The molecule has 0 saturated carbocycles. The molecular formula is C22H24F3N3O5S. The van der Waals surface area contributed by atoms with Crippen molar-refractivity contribution in [2.75, 3.05) is 13.2 Å². The zero-order valence-electron chi connectivity index (χ0n) is 18.6. The number of carbonyl (C=O) groups excluding carboxylic acids is 1. The first kappa shape index (κ1) is 25.5. The Bertz CT molecular complexity index is 1170. The number of pyridine rings is 1. The number of benzene rings is 1. The molecule has 0 bridgehead atoms. The van der Waals surface area contributed by atoms with Gasteiger partial charge in [-0.25, -0.2) is 9.78 Å². The first-order valence-corrected chi connectivity index (χ1v) is 11.8. The number of halogens is 3. The lowest BCUT2D eigenvalue weighted by atomic mass is 10.2. The van der Waals surface area contributed by atoms with E-state index in [-0.39, 0.29) is 30.0 Å². The summed E-state index contributed by atoms with van der Waals surface area (Å²) in [5.41, 5.74) is 1.79. The van der Waals surface area contributed by atoms with Gasteiger partial charge in [0.1, 0.15) is 5.75 Å². The molecule has 3 rings (SSSR count). The average Bonchev–Trinajstić information content (AvgIpc) is 3.16. The molecule has 2 aromatic heterocycles. The number of imidazole rings is 1. The van der Waals surface area contributed by atoms with Gasteiger partial charge in [-0.05, 0) is 31.5 Å². The van der Waals surface area contributed by atoms with Crippen LogP contribution in [0.3, 0.4) is 0 Å². The molecule has 0 aliphatic carbocycles. The van der Waals surface area contributed by atoms with Gasteiger partial charge in [0.2, 0.25) is 5.16 Å². The molecule has 0 spiro atoms. The second kappa shape index (κ2) is 11.3. The standard InChI is InChI=1S/C22H24F3N3O5S/c1-3-4-11-31-21(29)33-14-28-18-8-6-5-7-16(18)27-20(28)34(30)12-17-15(2)19(9-10-26-17)32-13-22(23,24)25/h5-10H,3-4,11-14H2,1-2H3. The third kappa shape index (κ3) is 6.69. The van der Waals surface area contributed by atoms with Crippen LogP contribution >= 0.6 is 0 Å². The number of nitrogens with zero attached hydrogens (tertiary/aromatic N) is 3. The summed E-state index contributed by atoms with van der Waals surface area (Å²) < 4.78 is 67.3. The van der Waals surface area contributed by atoms with E-state index in [9.17, 15) is 22.2 Å². The zero-order valence-corrected chi connectivity index (χ0v) is 19.4. The first-order chi connectivity index (χ1) is 16.2. The minimum absolute atomic E-state index is 0.00554. The monoisotopic (exact) mass is 499 g/mol. The van der Waals surface area contributed by atoms with Gasteiger partial charge in [-0.1, -0.05) is 25.5 Å². The van der Waals surface area contributed by atoms with Crippen molar-refractivity contribution in [3.05, 3.63) is 47.8 Å². The minimum Gasteiger partial charge on any atom is -0.484 e. The molecule has 0 aliphatic heterocycles. The van der Waals surface area contributed by atoms with Gasteiger partial charge in [-0.2, -0.15) is 13.2 Å². The lowest BCUT2D eigenvalue weighted by Gasteiger charge is -2.14. The van der Waals surface area contributed by atoms with E-state index < -0.39 is 29.7 Å². The highest BCUT2D eigenvalue weighted by molar-refractivity contribution is 7.84. The number of hydrogen-bond donors (Lipinski definition) is 0. The van der Waals surface area contributed by atoms with Crippen LogP contribution in [0.1, 0.15) is 31.0 Å². The molecule has 0 saturated heterocycles. The Balaban J connectivity index is 1.80. The molecule has 0 radical (unpaired) electrons. The molecular weight excluding hydrogens is 475 g/mol.